The quantitative estimate of drug-likeness (QED) is 0.464. The highest BCUT2D eigenvalue weighted by molar-refractivity contribution is 5.83. The molecule has 7 heteroatoms. The molecule has 0 spiro atoms. The van der Waals surface area contributed by atoms with E-state index in [0.29, 0.717) is 25.6 Å². The number of rotatable bonds is 10. The summed E-state index contributed by atoms with van der Waals surface area (Å²) in [6.07, 6.45) is 0.204. The van der Waals surface area contributed by atoms with E-state index in [1.54, 1.807) is 0 Å². The minimum Gasteiger partial charge on any atom is -0.355 e. The summed E-state index contributed by atoms with van der Waals surface area (Å²) in [6, 6.07) is 7.77. The zero-order valence-corrected chi connectivity index (χ0v) is 15.8. The van der Waals surface area contributed by atoms with Crippen molar-refractivity contribution in [3.63, 3.8) is 0 Å². The van der Waals surface area contributed by atoms with Gasteiger partial charge in [-0.2, -0.15) is 0 Å². The first-order valence-corrected chi connectivity index (χ1v) is 8.93. The molecule has 0 radical (unpaired) electrons. The molecule has 144 valence electrons. The highest BCUT2D eigenvalue weighted by Gasteiger charge is 2.10. The summed E-state index contributed by atoms with van der Waals surface area (Å²) in [4.78, 5) is 34.1. The average Bonchev–Trinajstić information content (AvgIpc) is 2.61. The zero-order chi connectivity index (χ0) is 19.5. The van der Waals surface area contributed by atoms with Crippen LogP contribution in [0.15, 0.2) is 24.3 Å². The fraction of sp³-hybridized carbons (Fsp3) is 0.526. The lowest BCUT2D eigenvalue weighted by Gasteiger charge is -2.14. The molecule has 1 rings (SSSR count). The molecular formula is C19H30N4O3. The monoisotopic (exact) mass is 362 g/mol. The van der Waals surface area contributed by atoms with Crippen LogP contribution in [0.1, 0.15) is 56.7 Å². The molecule has 1 aromatic rings. The Bertz CT molecular complexity index is 599. The smallest absolute Gasteiger partial charge is 0.220 e. The molecule has 7 nitrogen and oxygen atoms in total. The maximum absolute atomic E-state index is 11.8. The number of nitrogens with one attached hydrogen (secondary N) is 3. The number of hydrogen-bond acceptors (Lipinski definition) is 4. The Morgan fingerprint density at radius 2 is 1.38 bits per heavy atom. The molecule has 3 amide bonds. The van der Waals surface area contributed by atoms with E-state index in [2.05, 4.69) is 29.8 Å². The van der Waals surface area contributed by atoms with Crippen molar-refractivity contribution in [1.82, 2.24) is 16.0 Å². The second-order valence-corrected chi connectivity index (χ2v) is 6.56. The predicted molar refractivity (Wildman–Crippen MR) is 101 cm³/mol. The summed E-state index contributed by atoms with van der Waals surface area (Å²) in [5.74, 6) is -0.117. The lowest BCUT2D eigenvalue weighted by atomic mass is 9.99. The van der Waals surface area contributed by atoms with Crippen molar-refractivity contribution < 1.29 is 14.4 Å². The van der Waals surface area contributed by atoms with Gasteiger partial charge < -0.3 is 21.7 Å². The Hall–Kier alpha value is -2.41. The lowest BCUT2D eigenvalue weighted by molar-refractivity contribution is -0.126. The molecule has 0 heterocycles. The van der Waals surface area contributed by atoms with Gasteiger partial charge in [0.2, 0.25) is 17.7 Å². The van der Waals surface area contributed by atoms with Gasteiger partial charge in [-0.05, 0) is 17.0 Å². The first-order chi connectivity index (χ1) is 12.3. The predicted octanol–water partition coefficient (Wildman–Crippen LogP) is 0.959. The van der Waals surface area contributed by atoms with Gasteiger partial charge in [-0.25, -0.2) is 0 Å². The van der Waals surface area contributed by atoms with Gasteiger partial charge in [-0.3, -0.25) is 14.4 Å². The average molecular weight is 362 g/mol. The van der Waals surface area contributed by atoms with Crippen LogP contribution in [0.2, 0.25) is 0 Å². The third-order valence-corrected chi connectivity index (χ3v) is 3.95. The van der Waals surface area contributed by atoms with E-state index in [0.717, 1.165) is 5.56 Å². The van der Waals surface area contributed by atoms with Gasteiger partial charge in [0.15, 0.2) is 0 Å². The highest BCUT2D eigenvalue weighted by atomic mass is 16.2. The van der Waals surface area contributed by atoms with Crippen LogP contribution in [0.4, 0.5) is 0 Å². The summed E-state index contributed by atoms with van der Waals surface area (Å²) in [5.41, 5.74) is 8.31. The summed E-state index contributed by atoms with van der Waals surface area (Å²) in [6.45, 7) is 6.71. The molecule has 0 aliphatic heterocycles. The SMILES string of the molecule is CC(=O)NCCNC(=O)CCC(=O)NCC(N)c1ccc(C(C)C)cc1. The van der Waals surface area contributed by atoms with Crippen molar-refractivity contribution in [2.75, 3.05) is 19.6 Å². The fourth-order valence-corrected chi connectivity index (χ4v) is 2.31. The van der Waals surface area contributed by atoms with E-state index in [1.807, 2.05) is 24.3 Å². The van der Waals surface area contributed by atoms with Crippen molar-refractivity contribution in [2.45, 2.75) is 45.6 Å². The third-order valence-electron chi connectivity index (χ3n) is 3.95. The van der Waals surface area contributed by atoms with Gasteiger partial charge in [-0.1, -0.05) is 38.1 Å². The summed E-state index contributed by atoms with van der Waals surface area (Å²) in [7, 11) is 0. The first-order valence-electron chi connectivity index (χ1n) is 8.93. The van der Waals surface area contributed by atoms with Crippen molar-refractivity contribution in [3.8, 4) is 0 Å². The van der Waals surface area contributed by atoms with E-state index < -0.39 is 0 Å². The number of hydrogen-bond donors (Lipinski definition) is 4. The molecule has 0 aliphatic carbocycles. The van der Waals surface area contributed by atoms with Crippen molar-refractivity contribution in [1.29, 1.82) is 0 Å². The zero-order valence-electron chi connectivity index (χ0n) is 15.8. The van der Waals surface area contributed by atoms with E-state index in [9.17, 15) is 14.4 Å². The maximum atomic E-state index is 11.8. The van der Waals surface area contributed by atoms with Gasteiger partial charge in [0.05, 0.1) is 0 Å². The Labute approximate surface area is 155 Å². The van der Waals surface area contributed by atoms with E-state index in [4.69, 9.17) is 5.73 Å². The molecule has 1 unspecified atom stereocenters. The van der Waals surface area contributed by atoms with Crippen LogP contribution >= 0.6 is 0 Å². The van der Waals surface area contributed by atoms with Crippen LogP contribution in [-0.4, -0.2) is 37.4 Å². The highest BCUT2D eigenvalue weighted by Crippen LogP contribution is 2.17. The van der Waals surface area contributed by atoms with Crippen LogP contribution in [0.25, 0.3) is 0 Å². The Kier molecular flexibility index (Phi) is 9.36. The molecule has 26 heavy (non-hydrogen) atoms. The van der Waals surface area contributed by atoms with Crippen LogP contribution in [0, 0.1) is 0 Å². The minimum absolute atomic E-state index is 0.101. The van der Waals surface area contributed by atoms with Crippen LogP contribution < -0.4 is 21.7 Å². The largest absolute Gasteiger partial charge is 0.355 e. The molecule has 0 saturated heterocycles. The number of amides is 3. The van der Waals surface area contributed by atoms with Gasteiger partial charge in [-0.15, -0.1) is 0 Å². The summed E-state index contributed by atoms with van der Waals surface area (Å²) < 4.78 is 0. The van der Waals surface area contributed by atoms with Gasteiger partial charge >= 0.3 is 0 Å². The standard InChI is InChI=1S/C19H30N4O3/c1-13(2)15-4-6-16(7-5-15)17(20)12-23-19(26)9-8-18(25)22-11-10-21-14(3)24/h4-7,13,17H,8-12,20H2,1-3H3,(H,21,24)(H,22,25)(H,23,26). The summed E-state index contributed by atoms with van der Waals surface area (Å²) in [5, 5.41) is 7.97. The minimum atomic E-state index is -0.286. The Balaban J connectivity index is 2.24. The van der Waals surface area contributed by atoms with Gasteiger partial charge in [0.1, 0.15) is 0 Å². The number of carbonyl (C=O) groups is 3. The molecular weight excluding hydrogens is 332 g/mol. The molecule has 0 aromatic heterocycles. The van der Waals surface area contributed by atoms with Gasteiger partial charge in [0.25, 0.3) is 0 Å². The molecule has 0 fully saturated rings. The molecule has 0 aliphatic rings. The number of benzene rings is 1. The van der Waals surface area contributed by atoms with Crippen LogP contribution in [0.5, 0.6) is 0 Å². The normalized spacial score (nSPS) is 11.7. The fourth-order valence-electron chi connectivity index (χ4n) is 2.31. The first kappa shape index (κ1) is 21.6. The molecule has 1 atom stereocenters. The van der Waals surface area contributed by atoms with Crippen LogP contribution in [-0.2, 0) is 14.4 Å². The molecule has 0 saturated carbocycles. The van der Waals surface area contributed by atoms with E-state index >= 15 is 0 Å². The van der Waals surface area contributed by atoms with Crippen molar-refractivity contribution in [3.05, 3.63) is 35.4 Å². The second-order valence-electron chi connectivity index (χ2n) is 6.56. The third kappa shape index (κ3) is 8.62. The maximum Gasteiger partial charge on any atom is 0.220 e. The number of carbonyl (C=O) groups excluding carboxylic acids is 3. The molecule has 5 N–H and O–H groups in total. The van der Waals surface area contributed by atoms with E-state index in [-0.39, 0.29) is 36.6 Å². The molecule has 1 aromatic carbocycles. The van der Waals surface area contributed by atoms with E-state index in [1.165, 1.54) is 12.5 Å². The lowest BCUT2D eigenvalue weighted by Crippen LogP contribution is -2.35. The number of nitrogens with two attached hydrogens (primary N) is 1. The Morgan fingerprint density at radius 3 is 1.92 bits per heavy atom. The van der Waals surface area contributed by atoms with Crippen LogP contribution in [0.3, 0.4) is 0 Å². The summed E-state index contributed by atoms with van der Waals surface area (Å²) >= 11 is 0. The van der Waals surface area contributed by atoms with Crippen molar-refractivity contribution >= 4 is 17.7 Å². The topological polar surface area (TPSA) is 113 Å². The Morgan fingerprint density at radius 1 is 0.885 bits per heavy atom. The second kappa shape index (κ2) is 11.3. The van der Waals surface area contributed by atoms with Crippen molar-refractivity contribution in [2.24, 2.45) is 5.73 Å². The molecule has 0 bridgehead atoms. The van der Waals surface area contributed by atoms with Gasteiger partial charge in [0, 0.05) is 45.4 Å².